The molecule has 106 valence electrons. The molecule has 1 aromatic rings. The van der Waals surface area contributed by atoms with Crippen LogP contribution in [-0.2, 0) is 9.59 Å². The van der Waals surface area contributed by atoms with Crippen molar-refractivity contribution in [3.8, 4) is 0 Å². The van der Waals surface area contributed by atoms with Gasteiger partial charge in [-0.05, 0) is 48.9 Å². The molecule has 20 heavy (non-hydrogen) atoms. The fraction of sp³-hybridized carbons (Fsp3) is 0.429. The van der Waals surface area contributed by atoms with Gasteiger partial charge in [-0.1, -0.05) is 0 Å². The highest BCUT2D eigenvalue weighted by Gasteiger charge is 2.55. The highest BCUT2D eigenvalue weighted by atomic mass is 19.1. The molecular weight excluding hydrogens is 268 g/mol. The Morgan fingerprint density at radius 2 is 2.00 bits per heavy atom. The summed E-state index contributed by atoms with van der Waals surface area (Å²) in [6, 6.07) is 3.16. The smallest absolute Gasteiger partial charge is 0.329 e. The van der Waals surface area contributed by atoms with Crippen molar-refractivity contribution in [3.63, 3.8) is 0 Å². The number of carbonyl (C=O) groups is 2. The number of aliphatic carboxylic acids is 1. The van der Waals surface area contributed by atoms with Crippen molar-refractivity contribution in [3.05, 3.63) is 35.4 Å². The average molecular weight is 281 g/mol. The van der Waals surface area contributed by atoms with Gasteiger partial charge in [0.15, 0.2) is 0 Å². The second-order valence-corrected chi connectivity index (χ2v) is 5.49. The minimum Gasteiger partial charge on any atom is -0.480 e. The van der Waals surface area contributed by atoms with Gasteiger partial charge in [0.2, 0.25) is 5.91 Å². The molecule has 2 aliphatic rings. The number of halogens is 2. The SMILES string of the molecule is O=C(NC1(C(=O)O)CC1)C1CC1c1cc(F)ccc1F. The zero-order chi connectivity index (χ0) is 14.5. The van der Waals surface area contributed by atoms with Crippen molar-refractivity contribution in [2.75, 3.05) is 0 Å². The first kappa shape index (κ1) is 13.0. The topological polar surface area (TPSA) is 66.4 Å². The summed E-state index contributed by atoms with van der Waals surface area (Å²) in [5, 5.41) is 11.5. The van der Waals surface area contributed by atoms with Crippen molar-refractivity contribution >= 4 is 11.9 Å². The number of hydrogen-bond acceptors (Lipinski definition) is 2. The maximum absolute atomic E-state index is 13.6. The van der Waals surface area contributed by atoms with Crippen LogP contribution in [0.1, 0.15) is 30.7 Å². The van der Waals surface area contributed by atoms with Gasteiger partial charge >= 0.3 is 5.97 Å². The fourth-order valence-corrected chi connectivity index (χ4v) is 2.47. The van der Waals surface area contributed by atoms with E-state index in [1.54, 1.807) is 0 Å². The lowest BCUT2D eigenvalue weighted by Gasteiger charge is -2.12. The Bertz CT molecular complexity index is 598. The summed E-state index contributed by atoms with van der Waals surface area (Å²) in [7, 11) is 0. The van der Waals surface area contributed by atoms with Crippen molar-refractivity contribution in [1.29, 1.82) is 0 Å². The average Bonchev–Trinajstić information content (AvgIpc) is 3.24. The first-order valence-corrected chi connectivity index (χ1v) is 6.43. The molecular formula is C14H13F2NO3. The summed E-state index contributed by atoms with van der Waals surface area (Å²) in [5.74, 6) is -3.35. The van der Waals surface area contributed by atoms with E-state index in [4.69, 9.17) is 5.11 Å². The highest BCUT2D eigenvalue weighted by Crippen LogP contribution is 2.49. The summed E-state index contributed by atoms with van der Waals surface area (Å²) in [4.78, 5) is 22.9. The maximum Gasteiger partial charge on any atom is 0.329 e. The van der Waals surface area contributed by atoms with E-state index >= 15 is 0 Å². The summed E-state index contributed by atoms with van der Waals surface area (Å²) in [5.41, 5.74) is -0.949. The van der Waals surface area contributed by atoms with Gasteiger partial charge in [0.05, 0.1) is 0 Å². The second-order valence-electron chi connectivity index (χ2n) is 5.49. The van der Waals surface area contributed by atoms with Crippen molar-refractivity contribution in [1.82, 2.24) is 5.32 Å². The van der Waals surface area contributed by atoms with Gasteiger partial charge in [-0.3, -0.25) is 4.79 Å². The zero-order valence-electron chi connectivity index (χ0n) is 10.5. The number of amides is 1. The predicted octanol–water partition coefficient (Wildman–Crippen LogP) is 1.80. The molecule has 6 heteroatoms. The molecule has 2 aliphatic carbocycles. The zero-order valence-corrected chi connectivity index (χ0v) is 10.5. The maximum atomic E-state index is 13.6. The Labute approximate surface area is 113 Å². The van der Waals surface area contributed by atoms with Crippen LogP contribution in [-0.4, -0.2) is 22.5 Å². The molecule has 2 fully saturated rings. The first-order chi connectivity index (χ1) is 9.43. The molecule has 1 amide bonds. The Morgan fingerprint density at radius 3 is 2.60 bits per heavy atom. The third kappa shape index (κ3) is 2.15. The summed E-state index contributed by atoms with van der Waals surface area (Å²) >= 11 is 0. The second kappa shape index (κ2) is 4.26. The molecule has 2 unspecified atom stereocenters. The molecule has 4 nitrogen and oxygen atoms in total. The molecule has 3 rings (SSSR count). The quantitative estimate of drug-likeness (QED) is 0.884. The lowest BCUT2D eigenvalue weighted by atomic mass is 10.1. The minimum absolute atomic E-state index is 0.185. The highest BCUT2D eigenvalue weighted by molar-refractivity contribution is 5.92. The molecule has 0 heterocycles. The Morgan fingerprint density at radius 1 is 1.30 bits per heavy atom. The van der Waals surface area contributed by atoms with Crippen molar-refractivity contribution in [2.24, 2.45) is 5.92 Å². The van der Waals surface area contributed by atoms with Crippen LogP contribution < -0.4 is 5.32 Å². The molecule has 0 aliphatic heterocycles. The molecule has 2 N–H and O–H groups in total. The normalized spacial score (nSPS) is 25.9. The largest absolute Gasteiger partial charge is 0.480 e. The molecule has 2 atom stereocenters. The number of carboxylic acid groups (broad SMARTS) is 1. The Balaban J connectivity index is 1.68. The van der Waals surface area contributed by atoms with Gasteiger partial charge in [0.25, 0.3) is 0 Å². The van der Waals surface area contributed by atoms with Crippen LogP contribution in [0.3, 0.4) is 0 Å². The third-order valence-electron chi connectivity index (χ3n) is 4.01. The van der Waals surface area contributed by atoms with Crippen LogP contribution in [0.25, 0.3) is 0 Å². The van der Waals surface area contributed by atoms with E-state index in [1.807, 2.05) is 0 Å². The molecule has 0 spiro atoms. The van der Waals surface area contributed by atoms with Gasteiger partial charge in [0, 0.05) is 5.92 Å². The molecule has 0 aromatic heterocycles. The lowest BCUT2D eigenvalue weighted by Crippen LogP contribution is -2.43. The molecule has 2 saturated carbocycles. The van der Waals surface area contributed by atoms with Crippen LogP contribution >= 0.6 is 0 Å². The van der Waals surface area contributed by atoms with Gasteiger partial charge in [-0.2, -0.15) is 0 Å². The van der Waals surface area contributed by atoms with Crippen LogP contribution in [0.5, 0.6) is 0 Å². The molecule has 1 aromatic carbocycles. The lowest BCUT2D eigenvalue weighted by molar-refractivity contribution is -0.143. The van der Waals surface area contributed by atoms with Crippen LogP contribution in [0.15, 0.2) is 18.2 Å². The summed E-state index contributed by atoms with van der Waals surface area (Å²) in [6.45, 7) is 0. The van der Waals surface area contributed by atoms with Gasteiger partial charge in [0.1, 0.15) is 17.2 Å². The summed E-state index contributed by atoms with van der Waals surface area (Å²) in [6.07, 6.45) is 1.25. The number of nitrogens with one attached hydrogen (secondary N) is 1. The van der Waals surface area contributed by atoms with E-state index in [-0.39, 0.29) is 11.5 Å². The van der Waals surface area contributed by atoms with Crippen molar-refractivity contribution < 1.29 is 23.5 Å². The fourth-order valence-electron chi connectivity index (χ4n) is 2.47. The molecule has 0 bridgehead atoms. The van der Waals surface area contributed by atoms with E-state index in [0.717, 1.165) is 18.2 Å². The van der Waals surface area contributed by atoms with E-state index < -0.39 is 35.0 Å². The van der Waals surface area contributed by atoms with E-state index in [0.29, 0.717) is 19.3 Å². The minimum atomic E-state index is -1.13. The Kier molecular flexibility index (Phi) is 2.77. The number of hydrogen-bond donors (Lipinski definition) is 2. The van der Waals surface area contributed by atoms with Gasteiger partial charge < -0.3 is 10.4 Å². The van der Waals surface area contributed by atoms with E-state index in [1.165, 1.54) is 0 Å². The summed E-state index contributed by atoms with van der Waals surface area (Å²) < 4.78 is 26.7. The van der Waals surface area contributed by atoms with Gasteiger partial charge in [-0.15, -0.1) is 0 Å². The Hall–Kier alpha value is -1.98. The van der Waals surface area contributed by atoms with Crippen LogP contribution in [0.2, 0.25) is 0 Å². The number of benzene rings is 1. The monoisotopic (exact) mass is 281 g/mol. The number of carbonyl (C=O) groups excluding carboxylic acids is 1. The third-order valence-corrected chi connectivity index (χ3v) is 4.01. The van der Waals surface area contributed by atoms with Crippen LogP contribution in [0, 0.1) is 17.6 Å². The number of carboxylic acids is 1. The molecule has 0 radical (unpaired) electrons. The van der Waals surface area contributed by atoms with Crippen LogP contribution in [0.4, 0.5) is 8.78 Å². The standard InChI is InChI=1S/C14H13F2NO3/c15-7-1-2-11(16)9(5-7)8-6-10(8)12(18)17-14(3-4-14)13(19)20/h1-2,5,8,10H,3-4,6H2,(H,17,18)(H,19,20). The van der Waals surface area contributed by atoms with E-state index in [2.05, 4.69) is 5.32 Å². The number of rotatable bonds is 4. The molecule has 0 saturated heterocycles. The van der Waals surface area contributed by atoms with Gasteiger partial charge in [-0.25, -0.2) is 13.6 Å². The van der Waals surface area contributed by atoms with Crippen molar-refractivity contribution in [2.45, 2.75) is 30.7 Å². The van der Waals surface area contributed by atoms with E-state index in [9.17, 15) is 18.4 Å². The first-order valence-electron chi connectivity index (χ1n) is 6.43. The predicted molar refractivity (Wildman–Crippen MR) is 64.9 cm³/mol.